The number of aromatic nitrogens is 2. The molecule has 1 aromatic heterocycles. The van der Waals surface area contributed by atoms with Gasteiger partial charge in [0, 0.05) is 30.6 Å². The molecule has 1 heterocycles. The number of anilines is 2. The molecule has 4 N–H and O–H groups in total. The first kappa shape index (κ1) is 24.4. The van der Waals surface area contributed by atoms with Gasteiger partial charge in [0.05, 0.1) is 6.20 Å². The van der Waals surface area contributed by atoms with Crippen molar-refractivity contribution in [2.75, 3.05) is 36.6 Å². The van der Waals surface area contributed by atoms with E-state index in [9.17, 15) is 5.26 Å². The Kier molecular flexibility index (Phi) is 7.47. The minimum absolute atomic E-state index is 0.257. The van der Waals surface area contributed by atoms with Crippen molar-refractivity contribution in [3.05, 3.63) is 41.6 Å². The lowest BCUT2D eigenvalue weighted by atomic mass is 9.48. The van der Waals surface area contributed by atoms with E-state index >= 15 is 0 Å². The summed E-state index contributed by atoms with van der Waals surface area (Å²) in [7, 11) is 0. The molecular weight excluding hydrogens is 456 g/mol. The Morgan fingerprint density at radius 1 is 1.17 bits per heavy atom. The van der Waals surface area contributed by atoms with E-state index in [4.69, 9.17) is 10.1 Å². The van der Waals surface area contributed by atoms with Gasteiger partial charge >= 0.3 is 0 Å². The maximum Gasteiger partial charge on any atom is 0.224 e. The van der Waals surface area contributed by atoms with Gasteiger partial charge in [-0.15, -0.1) is 11.8 Å². The Morgan fingerprint density at radius 3 is 2.71 bits per heavy atom. The van der Waals surface area contributed by atoms with Crippen LogP contribution in [0.25, 0.3) is 0 Å². The van der Waals surface area contributed by atoms with Gasteiger partial charge in [-0.2, -0.15) is 10.2 Å². The van der Waals surface area contributed by atoms with Crippen molar-refractivity contribution < 1.29 is 5.11 Å². The summed E-state index contributed by atoms with van der Waals surface area (Å²) in [6.45, 7) is 2.67. The molecule has 186 valence electrons. The molecule has 2 aromatic rings. The first-order chi connectivity index (χ1) is 17.1. The van der Waals surface area contributed by atoms with Gasteiger partial charge in [-0.05, 0) is 86.1 Å². The third kappa shape index (κ3) is 5.28. The van der Waals surface area contributed by atoms with E-state index in [0.717, 1.165) is 37.3 Å². The number of nitriles is 1. The summed E-state index contributed by atoms with van der Waals surface area (Å²) in [5.41, 5.74) is 1.99. The second-order valence-electron chi connectivity index (χ2n) is 10.6. The van der Waals surface area contributed by atoms with Crippen LogP contribution in [0.15, 0.2) is 35.4 Å². The van der Waals surface area contributed by atoms with Crippen molar-refractivity contribution in [3.63, 3.8) is 0 Å². The van der Waals surface area contributed by atoms with Gasteiger partial charge < -0.3 is 21.1 Å². The zero-order valence-corrected chi connectivity index (χ0v) is 21.3. The van der Waals surface area contributed by atoms with Crippen LogP contribution in [-0.4, -0.2) is 47.1 Å². The molecule has 5 atom stereocenters. The second-order valence-corrected chi connectivity index (χ2v) is 11.5. The third-order valence-corrected chi connectivity index (χ3v) is 9.12. The van der Waals surface area contributed by atoms with E-state index in [1.807, 2.05) is 12.1 Å². The van der Waals surface area contributed by atoms with Crippen molar-refractivity contribution in [1.82, 2.24) is 15.3 Å². The number of aliphatic hydroxyl groups excluding tert-OH is 1. The first-order valence-electron chi connectivity index (χ1n) is 12.8. The lowest BCUT2D eigenvalue weighted by Crippen LogP contribution is -2.59. The Balaban J connectivity index is 1.24. The van der Waals surface area contributed by atoms with Crippen molar-refractivity contribution in [2.24, 2.45) is 23.2 Å². The predicted octanol–water partition coefficient (Wildman–Crippen LogP) is 4.26. The number of thioether (sulfide) groups is 1. The summed E-state index contributed by atoms with van der Waals surface area (Å²) < 4.78 is 0. The fraction of sp³-hybridized carbons (Fsp3) is 0.593. The highest BCUT2D eigenvalue weighted by molar-refractivity contribution is 7.98. The number of nitrogens with one attached hydrogen (secondary N) is 3. The van der Waals surface area contributed by atoms with Crippen molar-refractivity contribution in [1.29, 1.82) is 5.26 Å². The number of benzene rings is 1. The lowest BCUT2D eigenvalue weighted by molar-refractivity contribution is -0.0694. The Morgan fingerprint density at radius 2 is 1.97 bits per heavy atom. The monoisotopic (exact) mass is 492 g/mol. The summed E-state index contributed by atoms with van der Waals surface area (Å²) in [5, 5.41) is 29.5. The van der Waals surface area contributed by atoms with Gasteiger partial charge in [0.15, 0.2) is 0 Å². The zero-order valence-electron chi connectivity index (χ0n) is 20.5. The normalized spacial score (nSPS) is 28.6. The summed E-state index contributed by atoms with van der Waals surface area (Å²) in [6.07, 6.45) is 10.9. The molecule has 0 amide bonds. The highest BCUT2D eigenvalue weighted by Gasteiger charge is 2.54. The molecule has 6 rings (SSSR count). The van der Waals surface area contributed by atoms with Gasteiger partial charge in [-0.25, -0.2) is 4.98 Å². The van der Waals surface area contributed by atoms with Crippen LogP contribution < -0.4 is 16.0 Å². The number of hydrogen-bond donors (Lipinski definition) is 4. The highest BCUT2D eigenvalue weighted by atomic mass is 32.2. The minimum atomic E-state index is 0.257. The third-order valence-electron chi connectivity index (χ3n) is 8.28. The molecule has 0 spiro atoms. The average Bonchev–Trinajstić information content (AvgIpc) is 2.87. The van der Waals surface area contributed by atoms with Crippen LogP contribution in [0, 0.1) is 34.5 Å². The standard InChI is InChI=1S/C27H36N6OS/c1-35-23-6-3-2-5-19(23)15-30-26-31-16-22(14-28)25(33-26)32-17-27-11-18-9-20(12-27)24(21(10-18)13-27)29-7-4-8-34/h2-3,5-6,16,18,20-21,24,29,34H,4,7-13,15,17H2,1H3,(H2,30,31,32,33)/t18?,20-,21+,24?,27?. The molecule has 7 nitrogen and oxygen atoms in total. The predicted molar refractivity (Wildman–Crippen MR) is 140 cm³/mol. The van der Waals surface area contributed by atoms with Crippen molar-refractivity contribution >= 4 is 23.5 Å². The van der Waals surface area contributed by atoms with E-state index in [1.54, 1.807) is 18.0 Å². The molecule has 1 aromatic carbocycles. The van der Waals surface area contributed by atoms with Crippen molar-refractivity contribution in [2.45, 2.75) is 56.0 Å². The van der Waals surface area contributed by atoms with Crippen LogP contribution in [0.5, 0.6) is 0 Å². The van der Waals surface area contributed by atoms with Gasteiger partial charge in [0.2, 0.25) is 5.95 Å². The molecule has 35 heavy (non-hydrogen) atoms. The molecule has 0 radical (unpaired) electrons. The van der Waals surface area contributed by atoms with Crippen LogP contribution in [0.1, 0.15) is 49.7 Å². The summed E-state index contributed by atoms with van der Waals surface area (Å²) >= 11 is 1.73. The molecule has 4 aliphatic carbocycles. The summed E-state index contributed by atoms with van der Waals surface area (Å²) in [4.78, 5) is 10.3. The Hall–Kier alpha value is -2.34. The van der Waals surface area contributed by atoms with E-state index < -0.39 is 0 Å². The summed E-state index contributed by atoms with van der Waals surface area (Å²) in [6, 6.07) is 11.2. The first-order valence-corrected chi connectivity index (χ1v) is 14.1. The maximum atomic E-state index is 9.66. The van der Waals surface area contributed by atoms with E-state index in [-0.39, 0.29) is 12.0 Å². The number of aliphatic hydroxyl groups is 1. The molecule has 0 aliphatic heterocycles. The topological polar surface area (TPSA) is 106 Å². The van der Waals surface area contributed by atoms with E-state index in [2.05, 4.69) is 45.4 Å². The molecule has 8 heteroatoms. The number of nitrogens with zero attached hydrogens (tertiary/aromatic N) is 3. The fourth-order valence-corrected chi connectivity index (χ4v) is 7.69. The van der Waals surface area contributed by atoms with Gasteiger partial charge in [-0.1, -0.05) is 18.2 Å². The smallest absolute Gasteiger partial charge is 0.224 e. The van der Waals surface area contributed by atoms with Crippen LogP contribution in [0.4, 0.5) is 11.8 Å². The van der Waals surface area contributed by atoms with Crippen LogP contribution in [0.2, 0.25) is 0 Å². The number of rotatable bonds is 11. The zero-order chi connectivity index (χ0) is 24.3. The molecule has 0 saturated heterocycles. The molecule has 4 fully saturated rings. The largest absolute Gasteiger partial charge is 0.396 e. The average molecular weight is 493 g/mol. The molecule has 3 unspecified atom stereocenters. The highest BCUT2D eigenvalue weighted by Crippen LogP contribution is 2.60. The Bertz CT molecular complexity index is 1060. The van der Waals surface area contributed by atoms with Crippen molar-refractivity contribution in [3.8, 4) is 6.07 Å². The Labute approximate surface area is 212 Å². The SMILES string of the molecule is CSc1ccccc1CNc1ncc(C#N)c(NCC23CC4C[C@H](C2)C(NCCCO)[C@@H](C4)C3)n1. The molecule has 4 saturated carbocycles. The van der Waals surface area contributed by atoms with Gasteiger partial charge in [0.1, 0.15) is 17.5 Å². The minimum Gasteiger partial charge on any atom is -0.396 e. The quantitative estimate of drug-likeness (QED) is 0.272. The molecule has 4 bridgehead atoms. The summed E-state index contributed by atoms with van der Waals surface area (Å²) in [5.74, 6) is 3.44. The van der Waals surface area contributed by atoms with Gasteiger partial charge in [0.25, 0.3) is 0 Å². The van der Waals surface area contributed by atoms with Gasteiger partial charge in [-0.3, -0.25) is 0 Å². The van der Waals surface area contributed by atoms with Crippen LogP contribution in [-0.2, 0) is 6.54 Å². The molecule has 4 aliphatic rings. The van der Waals surface area contributed by atoms with E-state index in [0.29, 0.717) is 29.9 Å². The second kappa shape index (κ2) is 10.7. The van der Waals surface area contributed by atoms with E-state index in [1.165, 1.54) is 42.6 Å². The number of hydrogen-bond acceptors (Lipinski definition) is 8. The van der Waals surface area contributed by atoms with Crippen LogP contribution >= 0.6 is 11.8 Å². The maximum absolute atomic E-state index is 9.66. The van der Waals surface area contributed by atoms with Crippen LogP contribution in [0.3, 0.4) is 0 Å². The fourth-order valence-electron chi connectivity index (χ4n) is 7.07. The lowest BCUT2D eigenvalue weighted by Gasteiger charge is -2.60. The molecular formula is C27H36N6OS.